The van der Waals surface area contributed by atoms with Gasteiger partial charge in [-0.1, -0.05) is 13.3 Å². The highest BCUT2D eigenvalue weighted by molar-refractivity contribution is 5.99. The Labute approximate surface area is 166 Å². The van der Waals surface area contributed by atoms with E-state index in [0.717, 1.165) is 18.9 Å². The van der Waals surface area contributed by atoms with Gasteiger partial charge in [0, 0.05) is 5.56 Å². The van der Waals surface area contributed by atoms with Gasteiger partial charge in [-0.05, 0) is 36.8 Å². The van der Waals surface area contributed by atoms with Gasteiger partial charge in [-0.3, -0.25) is 9.59 Å². The molecule has 0 atom stereocenters. The van der Waals surface area contributed by atoms with Crippen LogP contribution in [0.4, 0.5) is 18.9 Å². The maximum Gasteiger partial charge on any atom is 0.251 e. The van der Waals surface area contributed by atoms with Crippen LogP contribution in [0.25, 0.3) is 0 Å². The van der Waals surface area contributed by atoms with E-state index in [0.29, 0.717) is 24.2 Å². The molecule has 0 saturated carbocycles. The molecular weight excluding hydrogens is 389 g/mol. The summed E-state index contributed by atoms with van der Waals surface area (Å²) in [4.78, 5) is 24.1. The number of halogens is 3. The molecule has 0 aliphatic rings. The molecule has 0 spiro atoms. The summed E-state index contributed by atoms with van der Waals surface area (Å²) in [7, 11) is 1.44. The number of methoxy groups -OCH3 is 1. The summed E-state index contributed by atoms with van der Waals surface area (Å²) in [6.45, 7) is 2.04. The van der Waals surface area contributed by atoms with Crippen LogP contribution >= 0.6 is 0 Å². The first-order valence-corrected chi connectivity index (χ1v) is 8.89. The maximum atomic E-state index is 13.6. The molecule has 6 nitrogen and oxygen atoms in total. The van der Waals surface area contributed by atoms with Crippen molar-refractivity contribution < 1.29 is 32.2 Å². The highest BCUT2D eigenvalue weighted by Gasteiger charge is 2.16. The number of hydrogen-bond donors (Lipinski definition) is 2. The first kappa shape index (κ1) is 22.1. The minimum absolute atomic E-state index is 0.219. The number of ether oxygens (including phenoxy) is 2. The number of amides is 2. The molecule has 2 N–H and O–H groups in total. The minimum atomic E-state index is -1.69. The van der Waals surface area contributed by atoms with Crippen LogP contribution in [0.1, 0.15) is 30.1 Å². The van der Waals surface area contributed by atoms with Crippen LogP contribution in [0, 0.1) is 17.5 Å². The fourth-order valence-electron chi connectivity index (χ4n) is 2.33. The van der Waals surface area contributed by atoms with E-state index >= 15 is 0 Å². The molecular formula is C20H21F3N2O4. The highest BCUT2D eigenvalue weighted by Crippen LogP contribution is 2.28. The standard InChI is InChI=1S/C20H21F3N2O4/c1-3-4-9-29-15-8-5-12(10-16(15)28-2)20(27)24-11-17(26)25-14-7-6-13(21)18(22)19(14)23/h5-8,10H,3-4,9,11H2,1-2H3,(H,24,27)(H,25,26). The smallest absolute Gasteiger partial charge is 0.251 e. The molecule has 156 valence electrons. The summed E-state index contributed by atoms with van der Waals surface area (Å²) < 4.78 is 50.5. The van der Waals surface area contributed by atoms with E-state index < -0.39 is 41.5 Å². The summed E-state index contributed by atoms with van der Waals surface area (Å²) in [6, 6.07) is 6.12. The lowest BCUT2D eigenvalue weighted by atomic mass is 10.2. The third-order valence-corrected chi connectivity index (χ3v) is 3.90. The monoisotopic (exact) mass is 410 g/mol. The summed E-state index contributed by atoms with van der Waals surface area (Å²) in [5, 5.41) is 4.42. The zero-order valence-electron chi connectivity index (χ0n) is 16.0. The first-order chi connectivity index (χ1) is 13.9. The first-order valence-electron chi connectivity index (χ1n) is 8.89. The van der Waals surface area contributed by atoms with Crippen LogP contribution in [-0.2, 0) is 4.79 Å². The zero-order valence-corrected chi connectivity index (χ0v) is 16.0. The molecule has 0 saturated heterocycles. The maximum absolute atomic E-state index is 13.6. The molecule has 29 heavy (non-hydrogen) atoms. The van der Waals surface area contributed by atoms with Crippen molar-refractivity contribution >= 4 is 17.5 Å². The van der Waals surface area contributed by atoms with Crippen molar-refractivity contribution in [1.82, 2.24) is 5.32 Å². The summed E-state index contributed by atoms with van der Waals surface area (Å²) >= 11 is 0. The highest BCUT2D eigenvalue weighted by atomic mass is 19.2. The molecule has 0 radical (unpaired) electrons. The van der Waals surface area contributed by atoms with Gasteiger partial charge < -0.3 is 20.1 Å². The van der Waals surface area contributed by atoms with Gasteiger partial charge in [-0.25, -0.2) is 13.2 Å². The number of benzene rings is 2. The van der Waals surface area contributed by atoms with E-state index in [9.17, 15) is 22.8 Å². The van der Waals surface area contributed by atoms with Crippen LogP contribution in [0.2, 0.25) is 0 Å². The van der Waals surface area contributed by atoms with E-state index in [2.05, 4.69) is 10.6 Å². The Morgan fingerprint density at radius 2 is 1.79 bits per heavy atom. The number of nitrogens with one attached hydrogen (secondary N) is 2. The van der Waals surface area contributed by atoms with E-state index in [1.807, 2.05) is 6.92 Å². The van der Waals surface area contributed by atoms with Crippen molar-refractivity contribution in [2.75, 3.05) is 25.6 Å². The Bertz CT molecular complexity index is 890. The van der Waals surface area contributed by atoms with Gasteiger partial charge in [0.05, 0.1) is 25.9 Å². The number of unbranched alkanes of at least 4 members (excludes halogenated alkanes) is 1. The van der Waals surface area contributed by atoms with E-state index in [1.54, 1.807) is 6.07 Å². The molecule has 0 aliphatic carbocycles. The van der Waals surface area contributed by atoms with Gasteiger partial charge >= 0.3 is 0 Å². The average molecular weight is 410 g/mol. The zero-order chi connectivity index (χ0) is 21.4. The van der Waals surface area contributed by atoms with Crippen molar-refractivity contribution in [2.45, 2.75) is 19.8 Å². The summed E-state index contributed by atoms with van der Waals surface area (Å²) in [5.74, 6) is -5.12. The van der Waals surface area contributed by atoms with Crippen LogP contribution < -0.4 is 20.1 Å². The molecule has 2 aromatic carbocycles. The number of hydrogen-bond acceptors (Lipinski definition) is 4. The van der Waals surface area contributed by atoms with E-state index in [4.69, 9.17) is 9.47 Å². The Balaban J connectivity index is 1.96. The van der Waals surface area contributed by atoms with Gasteiger partial charge in [-0.2, -0.15) is 0 Å². The molecule has 2 rings (SSSR count). The van der Waals surface area contributed by atoms with Crippen LogP contribution in [-0.4, -0.2) is 32.1 Å². The average Bonchev–Trinajstić information content (AvgIpc) is 2.72. The lowest BCUT2D eigenvalue weighted by molar-refractivity contribution is -0.115. The second-order valence-corrected chi connectivity index (χ2v) is 6.02. The van der Waals surface area contributed by atoms with Gasteiger partial charge in [0.25, 0.3) is 5.91 Å². The van der Waals surface area contributed by atoms with Crippen molar-refractivity contribution in [2.24, 2.45) is 0 Å². The number of anilines is 1. The third-order valence-electron chi connectivity index (χ3n) is 3.90. The van der Waals surface area contributed by atoms with E-state index in [-0.39, 0.29) is 5.56 Å². The van der Waals surface area contributed by atoms with Crippen LogP contribution in [0.15, 0.2) is 30.3 Å². The third kappa shape index (κ3) is 5.87. The topological polar surface area (TPSA) is 76.7 Å². The van der Waals surface area contributed by atoms with E-state index in [1.165, 1.54) is 19.2 Å². The molecule has 0 unspecified atom stereocenters. The predicted molar refractivity (Wildman–Crippen MR) is 101 cm³/mol. The van der Waals surface area contributed by atoms with Crippen molar-refractivity contribution in [3.05, 3.63) is 53.3 Å². The lowest BCUT2D eigenvalue weighted by Crippen LogP contribution is -2.33. The van der Waals surface area contributed by atoms with Crippen molar-refractivity contribution in [3.63, 3.8) is 0 Å². The van der Waals surface area contributed by atoms with Crippen molar-refractivity contribution in [3.8, 4) is 11.5 Å². The Morgan fingerprint density at radius 1 is 1.03 bits per heavy atom. The summed E-state index contributed by atoms with van der Waals surface area (Å²) in [6.07, 6.45) is 1.85. The predicted octanol–water partition coefficient (Wildman–Crippen LogP) is 3.66. The molecule has 2 amide bonds. The van der Waals surface area contributed by atoms with Crippen LogP contribution in [0.5, 0.6) is 11.5 Å². The van der Waals surface area contributed by atoms with Crippen LogP contribution in [0.3, 0.4) is 0 Å². The fourth-order valence-corrected chi connectivity index (χ4v) is 2.33. The minimum Gasteiger partial charge on any atom is -0.493 e. The second-order valence-electron chi connectivity index (χ2n) is 6.02. The van der Waals surface area contributed by atoms with Gasteiger partial charge in [-0.15, -0.1) is 0 Å². The molecule has 0 bridgehead atoms. The van der Waals surface area contributed by atoms with Crippen molar-refractivity contribution in [1.29, 1.82) is 0 Å². The molecule has 0 aliphatic heterocycles. The summed E-state index contributed by atoms with van der Waals surface area (Å²) in [5.41, 5.74) is -0.310. The molecule has 0 heterocycles. The normalized spacial score (nSPS) is 10.4. The van der Waals surface area contributed by atoms with Gasteiger partial charge in [0.1, 0.15) is 0 Å². The molecule has 9 heteroatoms. The number of carbonyl (C=O) groups excluding carboxylic acids is 2. The SMILES string of the molecule is CCCCOc1ccc(C(=O)NCC(=O)Nc2ccc(F)c(F)c2F)cc1OC. The molecule has 0 aromatic heterocycles. The Kier molecular flexibility index (Phi) is 7.88. The Morgan fingerprint density at radius 3 is 2.48 bits per heavy atom. The Hall–Kier alpha value is -3.23. The molecule has 0 fully saturated rings. The molecule has 2 aromatic rings. The lowest BCUT2D eigenvalue weighted by Gasteiger charge is -2.12. The second kappa shape index (κ2) is 10.4. The van der Waals surface area contributed by atoms with Gasteiger partial charge in [0.15, 0.2) is 29.0 Å². The van der Waals surface area contributed by atoms with Gasteiger partial charge in [0.2, 0.25) is 5.91 Å². The quantitative estimate of drug-likeness (QED) is 0.489. The number of carbonyl (C=O) groups is 2. The number of rotatable bonds is 9. The fraction of sp³-hybridized carbons (Fsp3) is 0.300. The largest absolute Gasteiger partial charge is 0.493 e.